The monoisotopic (exact) mass is 334 g/mol. The number of likely N-dealkylation sites (N-methyl/N-ethyl adjacent to an activating group) is 1. The van der Waals surface area contributed by atoms with Crippen molar-refractivity contribution in [3.63, 3.8) is 0 Å². The molecule has 1 saturated heterocycles. The van der Waals surface area contributed by atoms with Gasteiger partial charge in [-0.3, -0.25) is 14.5 Å². The summed E-state index contributed by atoms with van der Waals surface area (Å²) in [6.07, 6.45) is 2.02. The zero-order valence-electron chi connectivity index (χ0n) is 14.2. The lowest BCUT2D eigenvalue weighted by atomic mass is 10.0. The number of aliphatic carboxylic acids is 1. The average molecular weight is 334 g/mol. The molecule has 1 aliphatic heterocycles. The number of rotatable bonds is 8. The largest absolute Gasteiger partial charge is 0.493 e. The summed E-state index contributed by atoms with van der Waals surface area (Å²) in [6, 6.07) is 9.72. The zero-order valence-corrected chi connectivity index (χ0v) is 14.2. The minimum absolute atomic E-state index is 0.0695. The number of carbonyl (C=O) groups excluding carboxylic acids is 1. The molecule has 0 aliphatic carbocycles. The average Bonchev–Trinajstić information content (AvgIpc) is 2.60. The van der Waals surface area contributed by atoms with Crippen LogP contribution in [0, 0.1) is 0 Å². The lowest BCUT2D eigenvalue weighted by molar-refractivity contribution is -0.140. The topological polar surface area (TPSA) is 70.1 Å². The minimum Gasteiger partial charge on any atom is -0.493 e. The van der Waals surface area contributed by atoms with Gasteiger partial charge in [0, 0.05) is 19.1 Å². The number of piperidine rings is 1. The van der Waals surface area contributed by atoms with Crippen molar-refractivity contribution in [1.82, 2.24) is 9.80 Å². The van der Waals surface area contributed by atoms with Gasteiger partial charge >= 0.3 is 5.97 Å². The smallest absolute Gasteiger partial charge is 0.317 e. The van der Waals surface area contributed by atoms with Crippen LogP contribution < -0.4 is 4.74 Å². The third-order valence-corrected chi connectivity index (χ3v) is 4.41. The number of ether oxygens (including phenoxy) is 1. The van der Waals surface area contributed by atoms with Crippen LogP contribution in [0.5, 0.6) is 5.75 Å². The molecule has 0 saturated carbocycles. The van der Waals surface area contributed by atoms with Gasteiger partial charge in [-0.05, 0) is 31.5 Å². The summed E-state index contributed by atoms with van der Waals surface area (Å²) < 4.78 is 5.57. The van der Waals surface area contributed by atoms with Crippen LogP contribution in [-0.4, -0.2) is 65.6 Å². The van der Waals surface area contributed by atoms with Crippen molar-refractivity contribution in [2.24, 2.45) is 0 Å². The maximum Gasteiger partial charge on any atom is 0.317 e. The number of para-hydroxylation sites is 1. The molecule has 2 rings (SSSR count). The summed E-state index contributed by atoms with van der Waals surface area (Å²) in [5, 5.41) is 8.96. The van der Waals surface area contributed by atoms with Crippen molar-refractivity contribution >= 4 is 11.9 Å². The first-order valence-corrected chi connectivity index (χ1v) is 8.51. The first kappa shape index (κ1) is 18.3. The molecule has 1 aliphatic rings. The highest BCUT2D eigenvalue weighted by molar-refractivity contribution is 5.76. The summed E-state index contributed by atoms with van der Waals surface area (Å²) in [6.45, 7) is 4.51. The fourth-order valence-electron chi connectivity index (χ4n) is 3.08. The molecule has 24 heavy (non-hydrogen) atoms. The Bertz CT molecular complexity index is 527. The van der Waals surface area contributed by atoms with Gasteiger partial charge < -0.3 is 14.7 Å². The van der Waals surface area contributed by atoms with E-state index in [1.165, 1.54) is 0 Å². The third-order valence-electron chi connectivity index (χ3n) is 4.41. The maximum absolute atomic E-state index is 12.3. The van der Waals surface area contributed by atoms with Gasteiger partial charge in [0.1, 0.15) is 5.75 Å². The van der Waals surface area contributed by atoms with E-state index < -0.39 is 5.97 Å². The van der Waals surface area contributed by atoms with E-state index in [4.69, 9.17) is 9.84 Å². The molecule has 1 aromatic rings. The first-order valence-electron chi connectivity index (χ1n) is 8.51. The van der Waals surface area contributed by atoms with E-state index in [1.807, 2.05) is 47.1 Å². The molecule has 6 nitrogen and oxygen atoms in total. The van der Waals surface area contributed by atoms with Crippen LogP contribution in [0.1, 0.15) is 26.2 Å². The highest BCUT2D eigenvalue weighted by atomic mass is 16.5. The van der Waals surface area contributed by atoms with E-state index in [0.29, 0.717) is 26.1 Å². The molecule has 0 atom stereocenters. The summed E-state index contributed by atoms with van der Waals surface area (Å²) >= 11 is 0. The highest BCUT2D eigenvalue weighted by Gasteiger charge is 2.26. The molecule has 0 aromatic heterocycles. The second kappa shape index (κ2) is 9.27. The molecule has 1 amide bonds. The Hall–Kier alpha value is -2.08. The summed E-state index contributed by atoms with van der Waals surface area (Å²) in [7, 11) is 0. The zero-order chi connectivity index (χ0) is 17.4. The van der Waals surface area contributed by atoms with Crippen molar-refractivity contribution in [2.45, 2.75) is 32.2 Å². The fourth-order valence-corrected chi connectivity index (χ4v) is 3.08. The lowest BCUT2D eigenvalue weighted by Gasteiger charge is -2.37. The third kappa shape index (κ3) is 5.53. The van der Waals surface area contributed by atoms with Crippen molar-refractivity contribution in [3.8, 4) is 5.75 Å². The van der Waals surface area contributed by atoms with E-state index in [1.54, 1.807) is 0 Å². The summed E-state index contributed by atoms with van der Waals surface area (Å²) in [5.74, 6) is 0.0790. The number of carbonyl (C=O) groups is 2. The quantitative estimate of drug-likeness (QED) is 0.786. The van der Waals surface area contributed by atoms with E-state index in [9.17, 15) is 9.59 Å². The predicted molar refractivity (Wildman–Crippen MR) is 91.0 cm³/mol. The Labute approximate surface area is 143 Å². The molecular weight excluding hydrogens is 308 g/mol. The van der Waals surface area contributed by atoms with Crippen molar-refractivity contribution in [1.29, 1.82) is 0 Å². The van der Waals surface area contributed by atoms with Gasteiger partial charge in [-0.15, -0.1) is 0 Å². The van der Waals surface area contributed by atoms with Crippen LogP contribution in [0.3, 0.4) is 0 Å². The summed E-state index contributed by atoms with van der Waals surface area (Å²) in [5.41, 5.74) is 0. The van der Waals surface area contributed by atoms with Crippen LogP contribution in [0.4, 0.5) is 0 Å². The summed E-state index contributed by atoms with van der Waals surface area (Å²) in [4.78, 5) is 27.0. The Kier molecular flexibility index (Phi) is 7.06. The van der Waals surface area contributed by atoms with Crippen LogP contribution in [0.25, 0.3) is 0 Å². The van der Waals surface area contributed by atoms with E-state index in [0.717, 1.165) is 25.1 Å². The predicted octanol–water partition coefficient (Wildman–Crippen LogP) is 1.85. The molecule has 0 spiro atoms. The van der Waals surface area contributed by atoms with E-state index in [-0.39, 0.29) is 18.5 Å². The molecule has 132 valence electrons. The molecule has 0 radical (unpaired) electrons. The van der Waals surface area contributed by atoms with Crippen LogP contribution in [0.2, 0.25) is 0 Å². The van der Waals surface area contributed by atoms with Crippen molar-refractivity contribution < 1.29 is 19.4 Å². The number of hydrogen-bond acceptors (Lipinski definition) is 4. The number of carboxylic acid groups (broad SMARTS) is 1. The number of benzene rings is 1. The first-order chi connectivity index (χ1) is 11.6. The minimum atomic E-state index is -0.798. The van der Waals surface area contributed by atoms with E-state index in [2.05, 4.69) is 0 Å². The van der Waals surface area contributed by atoms with Crippen molar-refractivity contribution in [3.05, 3.63) is 30.3 Å². The normalized spacial score (nSPS) is 15.5. The molecular formula is C18H26N2O4. The van der Waals surface area contributed by atoms with Gasteiger partial charge in [0.25, 0.3) is 0 Å². The Morgan fingerprint density at radius 3 is 2.50 bits per heavy atom. The standard InChI is InChI=1S/C18H26N2O4/c1-2-19(14-18(22)23)15-8-11-20(12-9-15)17(21)10-13-24-16-6-4-3-5-7-16/h3-7,15H,2,8-14H2,1H3,(H,22,23). The fraction of sp³-hybridized carbons (Fsp3) is 0.556. The van der Waals surface area contributed by atoms with Crippen LogP contribution in [0.15, 0.2) is 30.3 Å². The Morgan fingerprint density at radius 2 is 1.92 bits per heavy atom. The highest BCUT2D eigenvalue weighted by Crippen LogP contribution is 2.17. The lowest BCUT2D eigenvalue weighted by Crippen LogP contribution is -2.48. The molecule has 6 heteroatoms. The second-order valence-electron chi connectivity index (χ2n) is 5.98. The number of likely N-dealkylation sites (tertiary alicyclic amines) is 1. The van der Waals surface area contributed by atoms with Gasteiger partial charge in [-0.1, -0.05) is 25.1 Å². The van der Waals surface area contributed by atoms with Gasteiger partial charge in [-0.25, -0.2) is 0 Å². The van der Waals surface area contributed by atoms with Gasteiger partial charge in [0.05, 0.1) is 19.6 Å². The Balaban J connectivity index is 1.71. The van der Waals surface area contributed by atoms with Gasteiger partial charge in [-0.2, -0.15) is 0 Å². The van der Waals surface area contributed by atoms with Gasteiger partial charge in [0.2, 0.25) is 5.91 Å². The maximum atomic E-state index is 12.3. The molecule has 1 heterocycles. The molecule has 1 N–H and O–H groups in total. The SMILES string of the molecule is CCN(CC(=O)O)C1CCN(C(=O)CCOc2ccccc2)CC1. The number of carboxylic acids is 1. The molecule has 0 bridgehead atoms. The number of nitrogens with zero attached hydrogens (tertiary/aromatic N) is 2. The van der Waals surface area contributed by atoms with Crippen LogP contribution in [-0.2, 0) is 9.59 Å². The molecule has 1 fully saturated rings. The Morgan fingerprint density at radius 1 is 1.25 bits per heavy atom. The van der Waals surface area contributed by atoms with Crippen molar-refractivity contribution in [2.75, 3.05) is 32.8 Å². The molecule has 1 aromatic carbocycles. The van der Waals surface area contributed by atoms with Crippen LogP contribution >= 0.6 is 0 Å². The number of hydrogen-bond donors (Lipinski definition) is 1. The van der Waals surface area contributed by atoms with Gasteiger partial charge in [0.15, 0.2) is 0 Å². The van der Waals surface area contributed by atoms with E-state index >= 15 is 0 Å². The molecule has 0 unspecified atom stereocenters. The second-order valence-corrected chi connectivity index (χ2v) is 5.98. The number of amides is 1.